The number of likely N-dealkylation sites (tertiary alicyclic amines) is 1. The van der Waals surface area contributed by atoms with E-state index in [1.165, 1.54) is 43.5 Å². The molecule has 0 radical (unpaired) electrons. The Kier molecular flexibility index (Phi) is 7.40. The third-order valence-electron chi connectivity index (χ3n) is 4.79. The van der Waals surface area contributed by atoms with Crippen LogP contribution in [-0.2, 0) is 6.54 Å². The molecule has 1 aromatic carbocycles. The van der Waals surface area contributed by atoms with E-state index in [0.717, 1.165) is 31.5 Å². The molecule has 128 valence electrons. The molecule has 2 N–H and O–H groups in total. The highest BCUT2D eigenvalue weighted by atomic mass is 15.2. The summed E-state index contributed by atoms with van der Waals surface area (Å²) in [5.41, 5.74) is 2.63. The molecule has 1 atom stereocenters. The van der Waals surface area contributed by atoms with Gasteiger partial charge in [-0.25, -0.2) is 0 Å². The van der Waals surface area contributed by atoms with Crippen LogP contribution in [0.15, 0.2) is 29.3 Å². The summed E-state index contributed by atoms with van der Waals surface area (Å²) in [6, 6.07) is 9.22. The van der Waals surface area contributed by atoms with Crippen molar-refractivity contribution in [2.24, 2.45) is 4.99 Å². The first-order valence-corrected chi connectivity index (χ1v) is 8.94. The molecule has 1 aliphatic heterocycles. The van der Waals surface area contributed by atoms with Crippen LogP contribution in [-0.4, -0.2) is 43.6 Å². The highest BCUT2D eigenvalue weighted by Crippen LogP contribution is 2.16. The van der Waals surface area contributed by atoms with Gasteiger partial charge in [-0.2, -0.15) is 0 Å². The second kappa shape index (κ2) is 9.56. The molecular weight excluding hydrogens is 284 g/mol. The van der Waals surface area contributed by atoms with Crippen molar-refractivity contribution in [3.63, 3.8) is 0 Å². The third kappa shape index (κ3) is 5.87. The minimum absolute atomic E-state index is 0.752. The topological polar surface area (TPSA) is 39.7 Å². The van der Waals surface area contributed by atoms with Gasteiger partial charge in [0.05, 0.1) is 0 Å². The van der Waals surface area contributed by atoms with Gasteiger partial charge in [0.1, 0.15) is 0 Å². The molecule has 1 aliphatic rings. The smallest absolute Gasteiger partial charge is 0.191 e. The fourth-order valence-electron chi connectivity index (χ4n) is 3.19. The van der Waals surface area contributed by atoms with Gasteiger partial charge in [0.25, 0.3) is 0 Å². The minimum Gasteiger partial charge on any atom is -0.356 e. The summed E-state index contributed by atoms with van der Waals surface area (Å²) >= 11 is 0. The average molecular weight is 316 g/mol. The first-order valence-electron chi connectivity index (χ1n) is 8.94. The normalized spacial score (nSPS) is 19.6. The van der Waals surface area contributed by atoms with Crippen molar-refractivity contribution >= 4 is 5.96 Å². The summed E-state index contributed by atoms with van der Waals surface area (Å²) in [6.07, 6.45) is 5.27. The number of nitrogens with one attached hydrogen (secondary N) is 2. The Labute approximate surface area is 141 Å². The molecule has 1 aromatic rings. The first kappa shape index (κ1) is 17.8. The Balaban J connectivity index is 1.66. The number of hydrogen-bond acceptors (Lipinski definition) is 2. The highest BCUT2D eigenvalue weighted by Gasteiger charge is 2.17. The molecule has 0 aromatic heterocycles. The van der Waals surface area contributed by atoms with Crippen LogP contribution in [0.4, 0.5) is 0 Å². The molecule has 2 rings (SSSR count). The summed E-state index contributed by atoms with van der Waals surface area (Å²) < 4.78 is 0. The number of nitrogens with zero attached hydrogens (tertiary/aromatic N) is 2. The number of aliphatic imine (C=N–C) groups is 1. The monoisotopic (exact) mass is 316 g/mol. The van der Waals surface area contributed by atoms with Crippen molar-refractivity contribution in [3.05, 3.63) is 35.4 Å². The van der Waals surface area contributed by atoms with Gasteiger partial charge in [-0.15, -0.1) is 0 Å². The number of hydrogen-bond donors (Lipinski definition) is 2. The molecule has 0 bridgehead atoms. The zero-order chi connectivity index (χ0) is 16.5. The van der Waals surface area contributed by atoms with Gasteiger partial charge in [-0.1, -0.05) is 30.7 Å². The van der Waals surface area contributed by atoms with Crippen LogP contribution in [0.5, 0.6) is 0 Å². The molecule has 1 fully saturated rings. The van der Waals surface area contributed by atoms with E-state index < -0.39 is 0 Å². The first-order chi connectivity index (χ1) is 11.2. The average Bonchev–Trinajstić information content (AvgIpc) is 2.57. The van der Waals surface area contributed by atoms with Crippen LogP contribution in [0.1, 0.15) is 43.7 Å². The summed E-state index contributed by atoms with van der Waals surface area (Å²) in [7, 11) is 1.83. The van der Waals surface area contributed by atoms with E-state index in [2.05, 4.69) is 58.6 Å². The van der Waals surface area contributed by atoms with Crippen molar-refractivity contribution in [2.75, 3.05) is 26.7 Å². The van der Waals surface area contributed by atoms with Gasteiger partial charge in [-0.05, 0) is 50.8 Å². The number of aryl methyl sites for hydroxylation is 1. The lowest BCUT2D eigenvalue weighted by molar-refractivity contribution is 0.159. The van der Waals surface area contributed by atoms with Crippen LogP contribution in [0.3, 0.4) is 0 Å². The van der Waals surface area contributed by atoms with Gasteiger partial charge in [-0.3, -0.25) is 4.99 Å². The van der Waals surface area contributed by atoms with Crippen molar-refractivity contribution in [1.82, 2.24) is 15.5 Å². The summed E-state index contributed by atoms with van der Waals surface area (Å²) in [5.74, 6) is 0.889. The molecule has 1 saturated heterocycles. The zero-order valence-corrected chi connectivity index (χ0v) is 14.9. The molecule has 1 unspecified atom stereocenters. The lowest BCUT2D eigenvalue weighted by atomic mass is 10.0. The minimum atomic E-state index is 0.752. The van der Waals surface area contributed by atoms with E-state index in [1.54, 1.807) is 0 Å². The number of guanidine groups is 1. The van der Waals surface area contributed by atoms with Crippen LogP contribution in [0.25, 0.3) is 0 Å². The van der Waals surface area contributed by atoms with Crippen LogP contribution >= 0.6 is 0 Å². The largest absolute Gasteiger partial charge is 0.356 e. The molecule has 23 heavy (non-hydrogen) atoms. The van der Waals surface area contributed by atoms with Crippen LogP contribution < -0.4 is 10.6 Å². The van der Waals surface area contributed by atoms with Gasteiger partial charge < -0.3 is 15.5 Å². The highest BCUT2D eigenvalue weighted by molar-refractivity contribution is 5.79. The van der Waals surface area contributed by atoms with E-state index in [1.807, 2.05) is 7.05 Å². The van der Waals surface area contributed by atoms with E-state index in [0.29, 0.717) is 0 Å². The van der Waals surface area contributed by atoms with Crippen molar-refractivity contribution in [2.45, 2.75) is 52.1 Å². The quantitative estimate of drug-likeness (QED) is 0.481. The SMILES string of the molecule is CN=C(NCCCN1CCCCC1C)NCc1ccccc1C. The van der Waals surface area contributed by atoms with E-state index in [4.69, 9.17) is 0 Å². The Bertz CT molecular complexity index is 498. The van der Waals surface area contributed by atoms with Gasteiger partial charge in [0.2, 0.25) is 0 Å². The Morgan fingerprint density at radius 2 is 2.09 bits per heavy atom. The van der Waals surface area contributed by atoms with Crippen molar-refractivity contribution < 1.29 is 0 Å². The number of piperidine rings is 1. The number of benzene rings is 1. The molecular formula is C19H32N4. The Morgan fingerprint density at radius 3 is 2.83 bits per heavy atom. The Morgan fingerprint density at radius 1 is 1.26 bits per heavy atom. The van der Waals surface area contributed by atoms with Crippen LogP contribution in [0, 0.1) is 6.92 Å². The van der Waals surface area contributed by atoms with Crippen molar-refractivity contribution in [3.8, 4) is 0 Å². The summed E-state index contributed by atoms with van der Waals surface area (Å²) in [6.45, 7) is 8.73. The number of rotatable bonds is 6. The third-order valence-corrected chi connectivity index (χ3v) is 4.79. The fourth-order valence-corrected chi connectivity index (χ4v) is 3.19. The van der Waals surface area contributed by atoms with Gasteiger partial charge in [0, 0.05) is 32.7 Å². The Hall–Kier alpha value is -1.55. The molecule has 0 spiro atoms. The van der Waals surface area contributed by atoms with Crippen LogP contribution in [0.2, 0.25) is 0 Å². The maximum Gasteiger partial charge on any atom is 0.191 e. The maximum absolute atomic E-state index is 4.31. The molecule has 4 heteroatoms. The standard InChI is InChI=1S/C19H32N4/c1-16-9-4-5-11-18(16)15-22-19(20-3)21-12-8-14-23-13-7-6-10-17(23)2/h4-5,9,11,17H,6-8,10,12-15H2,1-3H3,(H2,20,21,22). The predicted molar refractivity (Wildman–Crippen MR) is 98.9 cm³/mol. The van der Waals surface area contributed by atoms with Crippen molar-refractivity contribution in [1.29, 1.82) is 0 Å². The van der Waals surface area contributed by atoms with Gasteiger partial charge in [0.15, 0.2) is 5.96 Å². The predicted octanol–water partition coefficient (Wildman–Crippen LogP) is 2.92. The van der Waals surface area contributed by atoms with E-state index >= 15 is 0 Å². The summed E-state index contributed by atoms with van der Waals surface area (Å²) in [5, 5.41) is 6.82. The second-order valence-electron chi connectivity index (χ2n) is 6.51. The van der Waals surface area contributed by atoms with Gasteiger partial charge >= 0.3 is 0 Å². The fraction of sp³-hybridized carbons (Fsp3) is 0.632. The second-order valence-corrected chi connectivity index (χ2v) is 6.51. The molecule has 0 aliphatic carbocycles. The van der Waals surface area contributed by atoms with E-state index in [9.17, 15) is 0 Å². The lowest BCUT2D eigenvalue weighted by Gasteiger charge is -2.33. The summed E-state index contributed by atoms with van der Waals surface area (Å²) in [4.78, 5) is 6.93. The molecule has 1 heterocycles. The lowest BCUT2D eigenvalue weighted by Crippen LogP contribution is -2.41. The van der Waals surface area contributed by atoms with E-state index in [-0.39, 0.29) is 0 Å². The molecule has 0 saturated carbocycles. The zero-order valence-electron chi connectivity index (χ0n) is 14.9. The molecule has 0 amide bonds. The maximum atomic E-state index is 4.31. The molecule has 4 nitrogen and oxygen atoms in total.